The summed E-state index contributed by atoms with van der Waals surface area (Å²) in [6.07, 6.45) is 3.15. The second kappa shape index (κ2) is 8.80. The summed E-state index contributed by atoms with van der Waals surface area (Å²) >= 11 is 3.70. The first-order valence-corrected chi connectivity index (χ1v) is 8.50. The summed E-state index contributed by atoms with van der Waals surface area (Å²) in [5, 5.41) is 14.0. The Hall–Kier alpha value is -0.390. The Balaban J connectivity index is 3.00. The fourth-order valence-electron chi connectivity index (χ4n) is 2.68. The summed E-state index contributed by atoms with van der Waals surface area (Å²) in [7, 11) is 0. The van der Waals surface area contributed by atoms with Crippen molar-refractivity contribution in [2.45, 2.75) is 66.1 Å². The quantitative estimate of drug-likeness (QED) is 0.747. The van der Waals surface area contributed by atoms with Gasteiger partial charge in [0.1, 0.15) is 0 Å². The molecular weight excluding hydrogens is 318 g/mol. The normalized spacial score (nSPS) is 11.8. The topological polar surface area (TPSA) is 41.3 Å². The molecule has 0 spiro atoms. The first kappa shape index (κ1) is 17.7. The molecule has 1 heterocycles. The zero-order valence-electron chi connectivity index (χ0n) is 13.2. The molecule has 0 unspecified atom stereocenters. The van der Waals surface area contributed by atoms with E-state index in [2.05, 4.69) is 58.3 Å². The summed E-state index contributed by atoms with van der Waals surface area (Å²) in [4.78, 5) is 2.37. The van der Waals surface area contributed by atoms with Crippen molar-refractivity contribution >= 4 is 15.9 Å². The molecule has 1 aromatic rings. The lowest BCUT2D eigenvalue weighted by atomic mass is 10.1. The molecule has 0 aromatic carbocycles. The first-order valence-electron chi connectivity index (χ1n) is 7.71. The zero-order valence-corrected chi connectivity index (χ0v) is 14.8. The Morgan fingerprint density at radius 2 is 1.90 bits per heavy atom. The van der Waals surface area contributed by atoms with E-state index in [1.54, 1.807) is 0 Å². The van der Waals surface area contributed by atoms with Gasteiger partial charge in [-0.25, -0.2) is 0 Å². The van der Waals surface area contributed by atoms with Crippen molar-refractivity contribution in [3.8, 4) is 0 Å². The maximum Gasteiger partial charge on any atom is 0.0767 e. The maximum atomic E-state index is 9.33. The van der Waals surface area contributed by atoms with Crippen LogP contribution < -0.4 is 0 Å². The fourth-order valence-corrected chi connectivity index (χ4v) is 3.37. The number of halogens is 1. The minimum absolute atomic E-state index is 0.203. The Morgan fingerprint density at radius 3 is 2.35 bits per heavy atom. The van der Waals surface area contributed by atoms with Crippen molar-refractivity contribution in [3.05, 3.63) is 15.9 Å². The van der Waals surface area contributed by atoms with Gasteiger partial charge in [0.2, 0.25) is 0 Å². The second-order valence-electron chi connectivity index (χ2n) is 5.04. The minimum Gasteiger partial charge on any atom is -0.395 e. The predicted molar refractivity (Wildman–Crippen MR) is 86.8 cm³/mol. The van der Waals surface area contributed by atoms with Crippen molar-refractivity contribution in [1.82, 2.24) is 14.7 Å². The minimum atomic E-state index is 0.203. The van der Waals surface area contributed by atoms with E-state index in [-0.39, 0.29) is 6.61 Å². The van der Waals surface area contributed by atoms with Gasteiger partial charge in [0, 0.05) is 25.7 Å². The highest BCUT2D eigenvalue weighted by Crippen LogP contribution is 2.25. The number of aromatic nitrogens is 2. The van der Waals surface area contributed by atoms with Gasteiger partial charge in [-0.3, -0.25) is 9.58 Å². The van der Waals surface area contributed by atoms with E-state index in [1.165, 1.54) is 5.69 Å². The summed E-state index contributed by atoms with van der Waals surface area (Å²) < 4.78 is 3.21. The van der Waals surface area contributed by atoms with Gasteiger partial charge in [0.15, 0.2) is 0 Å². The number of rotatable bonds is 9. The van der Waals surface area contributed by atoms with E-state index in [0.29, 0.717) is 6.04 Å². The molecule has 116 valence electrons. The first-order chi connectivity index (χ1) is 9.62. The Kier molecular flexibility index (Phi) is 7.77. The van der Waals surface area contributed by atoms with Gasteiger partial charge in [-0.1, -0.05) is 20.8 Å². The standard InChI is InChI=1S/C15H28BrN3O/c1-5-12(6-2)18(9-10-20)11-14-15(16)13(7-3)17-19(14)8-4/h12,20H,5-11H2,1-4H3. The molecule has 1 rings (SSSR count). The number of nitrogens with zero attached hydrogens (tertiary/aromatic N) is 3. The van der Waals surface area contributed by atoms with Gasteiger partial charge in [-0.05, 0) is 42.1 Å². The van der Waals surface area contributed by atoms with Crippen LogP contribution in [0.3, 0.4) is 0 Å². The number of hydrogen-bond acceptors (Lipinski definition) is 3. The number of hydrogen-bond donors (Lipinski definition) is 1. The van der Waals surface area contributed by atoms with Gasteiger partial charge >= 0.3 is 0 Å². The third kappa shape index (κ3) is 4.06. The summed E-state index contributed by atoms with van der Waals surface area (Å²) in [5.74, 6) is 0. The van der Waals surface area contributed by atoms with Gasteiger partial charge in [-0.15, -0.1) is 0 Å². The van der Waals surface area contributed by atoms with E-state index in [4.69, 9.17) is 0 Å². The highest BCUT2D eigenvalue weighted by molar-refractivity contribution is 9.10. The monoisotopic (exact) mass is 345 g/mol. The van der Waals surface area contributed by atoms with Crippen LogP contribution in [0, 0.1) is 0 Å². The van der Waals surface area contributed by atoms with Crippen LogP contribution in [0.4, 0.5) is 0 Å². The number of aliphatic hydroxyl groups excluding tert-OH is 1. The van der Waals surface area contributed by atoms with E-state index in [0.717, 1.165) is 49.1 Å². The van der Waals surface area contributed by atoms with E-state index < -0.39 is 0 Å². The zero-order chi connectivity index (χ0) is 15.1. The smallest absolute Gasteiger partial charge is 0.0767 e. The molecule has 0 aliphatic heterocycles. The van der Waals surface area contributed by atoms with Crippen LogP contribution in [0.2, 0.25) is 0 Å². The Bertz CT molecular complexity index is 402. The van der Waals surface area contributed by atoms with Crippen LogP contribution in [0.1, 0.15) is 51.9 Å². The van der Waals surface area contributed by atoms with E-state index in [1.807, 2.05) is 0 Å². The lowest BCUT2D eigenvalue weighted by Gasteiger charge is -2.30. The van der Waals surface area contributed by atoms with E-state index >= 15 is 0 Å². The van der Waals surface area contributed by atoms with Crippen molar-refractivity contribution < 1.29 is 5.11 Å². The van der Waals surface area contributed by atoms with Crippen LogP contribution in [0.25, 0.3) is 0 Å². The number of aliphatic hydroxyl groups is 1. The summed E-state index contributed by atoms with van der Waals surface area (Å²) in [5.41, 5.74) is 2.35. The van der Waals surface area contributed by atoms with E-state index in [9.17, 15) is 5.11 Å². The molecule has 5 heteroatoms. The molecule has 0 amide bonds. The average molecular weight is 346 g/mol. The van der Waals surface area contributed by atoms with Crippen LogP contribution >= 0.6 is 15.9 Å². The van der Waals surface area contributed by atoms with Gasteiger partial charge in [0.25, 0.3) is 0 Å². The second-order valence-corrected chi connectivity index (χ2v) is 5.83. The fraction of sp³-hybridized carbons (Fsp3) is 0.800. The van der Waals surface area contributed by atoms with Crippen LogP contribution in [0.5, 0.6) is 0 Å². The third-order valence-corrected chi connectivity index (χ3v) is 4.81. The molecule has 0 radical (unpaired) electrons. The molecule has 0 atom stereocenters. The molecule has 0 aliphatic rings. The van der Waals surface area contributed by atoms with Gasteiger partial charge in [0.05, 0.1) is 22.5 Å². The molecule has 1 N–H and O–H groups in total. The molecule has 0 bridgehead atoms. The molecule has 0 saturated heterocycles. The lowest BCUT2D eigenvalue weighted by molar-refractivity contribution is 0.133. The molecular formula is C15H28BrN3O. The summed E-state index contributed by atoms with van der Waals surface area (Å²) in [6, 6.07) is 0.513. The predicted octanol–water partition coefficient (Wildman–Crippen LogP) is 3.21. The van der Waals surface area contributed by atoms with Crippen molar-refractivity contribution in [2.75, 3.05) is 13.2 Å². The Morgan fingerprint density at radius 1 is 1.25 bits per heavy atom. The summed E-state index contributed by atoms with van der Waals surface area (Å²) in [6.45, 7) is 11.3. The SMILES string of the molecule is CCc1nn(CC)c(CN(CCO)C(CC)CC)c1Br. The maximum absolute atomic E-state index is 9.33. The highest BCUT2D eigenvalue weighted by atomic mass is 79.9. The molecule has 1 aromatic heterocycles. The van der Waals surface area contributed by atoms with Crippen molar-refractivity contribution in [2.24, 2.45) is 0 Å². The molecule has 4 nitrogen and oxygen atoms in total. The molecule has 20 heavy (non-hydrogen) atoms. The molecule has 0 saturated carbocycles. The molecule has 0 aliphatic carbocycles. The van der Waals surface area contributed by atoms with Crippen LogP contribution in [-0.2, 0) is 19.5 Å². The lowest BCUT2D eigenvalue weighted by Crippen LogP contribution is -2.36. The number of aryl methyl sites for hydroxylation is 2. The van der Waals surface area contributed by atoms with Crippen LogP contribution in [-0.4, -0.2) is 39.0 Å². The van der Waals surface area contributed by atoms with Gasteiger partial charge in [-0.2, -0.15) is 5.10 Å². The Labute approximate surface area is 131 Å². The van der Waals surface area contributed by atoms with Gasteiger partial charge < -0.3 is 5.11 Å². The average Bonchev–Trinajstić information content (AvgIpc) is 2.76. The largest absolute Gasteiger partial charge is 0.395 e. The van der Waals surface area contributed by atoms with Crippen LogP contribution in [0.15, 0.2) is 4.47 Å². The molecule has 0 fully saturated rings. The van der Waals surface area contributed by atoms with Crippen molar-refractivity contribution in [3.63, 3.8) is 0 Å². The highest BCUT2D eigenvalue weighted by Gasteiger charge is 2.20. The van der Waals surface area contributed by atoms with Crippen molar-refractivity contribution in [1.29, 1.82) is 0 Å². The third-order valence-electron chi connectivity index (χ3n) is 3.89.